The number of aromatic hydroxyl groups is 1. The molecule has 0 bridgehead atoms. The minimum Gasteiger partial charge on any atom is -0.508 e. The molecule has 1 heterocycles. The Hall–Kier alpha value is -0.730. The summed E-state index contributed by atoms with van der Waals surface area (Å²) in [5.74, 6) is 0.231. The van der Waals surface area contributed by atoms with E-state index in [9.17, 15) is 5.11 Å². The van der Waals surface area contributed by atoms with Crippen molar-refractivity contribution >= 4 is 11.6 Å². The number of halogens is 1. The third kappa shape index (κ3) is 2.02. The van der Waals surface area contributed by atoms with Gasteiger partial charge in [0.05, 0.1) is 0 Å². The molecule has 0 saturated carbocycles. The molecular formula is C11H14ClNO. The minimum atomic E-state index is 0.231. The molecule has 1 saturated heterocycles. The summed E-state index contributed by atoms with van der Waals surface area (Å²) in [5, 5.41) is 13.3. The number of piperidine rings is 1. The third-order valence-electron chi connectivity index (χ3n) is 2.67. The van der Waals surface area contributed by atoms with Crippen molar-refractivity contribution in [3.63, 3.8) is 0 Å². The fraction of sp³-hybridized carbons (Fsp3) is 0.455. The van der Waals surface area contributed by atoms with Gasteiger partial charge in [-0.2, -0.15) is 0 Å². The first-order valence-corrected chi connectivity index (χ1v) is 5.37. The molecule has 0 aliphatic carbocycles. The van der Waals surface area contributed by atoms with Crippen LogP contribution < -0.4 is 5.32 Å². The van der Waals surface area contributed by atoms with Crippen LogP contribution in [0.2, 0.25) is 5.02 Å². The van der Waals surface area contributed by atoms with Gasteiger partial charge in [0.2, 0.25) is 0 Å². The first-order chi connectivity index (χ1) is 6.77. The molecule has 1 aromatic rings. The zero-order valence-electron chi connectivity index (χ0n) is 7.96. The fourth-order valence-electron chi connectivity index (χ4n) is 1.92. The van der Waals surface area contributed by atoms with Crippen LogP contribution in [-0.4, -0.2) is 11.7 Å². The number of hydrogen-bond donors (Lipinski definition) is 2. The quantitative estimate of drug-likeness (QED) is 0.749. The molecule has 3 heteroatoms. The lowest BCUT2D eigenvalue weighted by Gasteiger charge is -2.24. The Morgan fingerprint density at radius 1 is 1.36 bits per heavy atom. The maximum absolute atomic E-state index is 9.23. The molecule has 2 nitrogen and oxygen atoms in total. The van der Waals surface area contributed by atoms with E-state index in [0.717, 1.165) is 18.5 Å². The molecule has 0 radical (unpaired) electrons. The van der Waals surface area contributed by atoms with Gasteiger partial charge in [0.25, 0.3) is 0 Å². The number of phenolic OH excluding ortho intramolecular Hbond substituents is 1. The van der Waals surface area contributed by atoms with Crippen LogP contribution in [0.4, 0.5) is 0 Å². The van der Waals surface area contributed by atoms with Crippen LogP contribution >= 0.6 is 11.6 Å². The number of rotatable bonds is 1. The van der Waals surface area contributed by atoms with E-state index in [2.05, 4.69) is 5.32 Å². The average molecular weight is 212 g/mol. The summed E-state index contributed by atoms with van der Waals surface area (Å²) in [6.07, 6.45) is 3.62. The Balaban J connectivity index is 2.22. The van der Waals surface area contributed by atoms with E-state index in [1.807, 2.05) is 6.07 Å². The lowest BCUT2D eigenvalue weighted by Crippen LogP contribution is -2.26. The van der Waals surface area contributed by atoms with Crippen molar-refractivity contribution in [2.75, 3.05) is 6.54 Å². The summed E-state index contributed by atoms with van der Waals surface area (Å²) in [7, 11) is 0. The van der Waals surface area contributed by atoms with Crippen molar-refractivity contribution in [1.82, 2.24) is 5.32 Å². The van der Waals surface area contributed by atoms with Crippen molar-refractivity contribution in [3.05, 3.63) is 28.8 Å². The van der Waals surface area contributed by atoms with Crippen LogP contribution in [0.3, 0.4) is 0 Å². The summed E-state index contributed by atoms with van der Waals surface area (Å²) in [6, 6.07) is 5.56. The van der Waals surface area contributed by atoms with Gasteiger partial charge in [0, 0.05) is 11.1 Å². The second-order valence-electron chi connectivity index (χ2n) is 3.71. The first kappa shape index (κ1) is 9.81. The molecule has 1 aromatic carbocycles. The van der Waals surface area contributed by atoms with Gasteiger partial charge in [-0.3, -0.25) is 0 Å². The van der Waals surface area contributed by atoms with Gasteiger partial charge < -0.3 is 10.4 Å². The number of hydrogen-bond acceptors (Lipinski definition) is 2. The maximum Gasteiger partial charge on any atom is 0.117 e. The van der Waals surface area contributed by atoms with Crippen molar-refractivity contribution in [1.29, 1.82) is 0 Å². The summed E-state index contributed by atoms with van der Waals surface area (Å²) in [6.45, 7) is 1.06. The number of phenols is 1. The standard InChI is InChI=1S/C11H14ClNO/c12-10-7-8(14)4-5-9(10)11-3-1-2-6-13-11/h4-5,7,11,13-14H,1-3,6H2/t11-/m1/s1. The molecule has 14 heavy (non-hydrogen) atoms. The van der Waals surface area contributed by atoms with Gasteiger partial charge >= 0.3 is 0 Å². The van der Waals surface area contributed by atoms with Crippen LogP contribution in [0.5, 0.6) is 5.75 Å². The Morgan fingerprint density at radius 2 is 2.21 bits per heavy atom. The van der Waals surface area contributed by atoms with Crippen molar-refractivity contribution in [3.8, 4) is 5.75 Å². The first-order valence-electron chi connectivity index (χ1n) is 4.99. The molecule has 2 rings (SSSR count). The van der Waals surface area contributed by atoms with Gasteiger partial charge in [-0.05, 0) is 37.1 Å². The molecule has 0 aromatic heterocycles. The highest BCUT2D eigenvalue weighted by Gasteiger charge is 2.17. The van der Waals surface area contributed by atoms with Crippen molar-refractivity contribution < 1.29 is 5.11 Å². The Kier molecular flexibility index (Phi) is 2.94. The van der Waals surface area contributed by atoms with E-state index in [-0.39, 0.29) is 5.75 Å². The molecular weight excluding hydrogens is 198 g/mol. The molecule has 2 N–H and O–H groups in total. The Labute approximate surface area is 88.9 Å². The highest BCUT2D eigenvalue weighted by molar-refractivity contribution is 6.31. The molecule has 1 fully saturated rings. The van der Waals surface area contributed by atoms with E-state index >= 15 is 0 Å². The SMILES string of the molecule is Oc1ccc([C@H]2CCCCN2)c(Cl)c1. The highest BCUT2D eigenvalue weighted by Crippen LogP contribution is 2.30. The van der Waals surface area contributed by atoms with Gasteiger partial charge in [-0.15, -0.1) is 0 Å². The molecule has 0 amide bonds. The number of benzene rings is 1. The predicted molar refractivity (Wildman–Crippen MR) is 57.7 cm³/mol. The largest absolute Gasteiger partial charge is 0.508 e. The van der Waals surface area contributed by atoms with E-state index in [1.54, 1.807) is 12.1 Å². The topological polar surface area (TPSA) is 32.3 Å². The van der Waals surface area contributed by atoms with E-state index in [1.165, 1.54) is 12.8 Å². The molecule has 0 unspecified atom stereocenters. The fourth-order valence-corrected chi connectivity index (χ4v) is 2.22. The van der Waals surface area contributed by atoms with Gasteiger partial charge in [-0.25, -0.2) is 0 Å². The zero-order chi connectivity index (χ0) is 9.97. The smallest absolute Gasteiger partial charge is 0.117 e. The van der Waals surface area contributed by atoms with E-state index < -0.39 is 0 Å². The third-order valence-corrected chi connectivity index (χ3v) is 3.00. The summed E-state index contributed by atoms with van der Waals surface area (Å²) in [4.78, 5) is 0. The summed E-state index contributed by atoms with van der Waals surface area (Å²) < 4.78 is 0. The molecule has 0 spiro atoms. The lowest BCUT2D eigenvalue weighted by molar-refractivity contribution is 0.411. The molecule has 1 atom stereocenters. The van der Waals surface area contributed by atoms with Gasteiger partial charge in [0.15, 0.2) is 0 Å². The van der Waals surface area contributed by atoms with Crippen molar-refractivity contribution in [2.45, 2.75) is 25.3 Å². The second-order valence-corrected chi connectivity index (χ2v) is 4.12. The lowest BCUT2D eigenvalue weighted by atomic mass is 9.97. The van der Waals surface area contributed by atoms with Crippen LogP contribution in [0.1, 0.15) is 30.9 Å². The van der Waals surface area contributed by atoms with Crippen LogP contribution in [0.15, 0.2) is 18.2 Å². The number of nitrogens with one attached hydrogen (secondary N) is 1. The average Bonchev–Trinajstić information content (AvgIpc) is 2.19. The van der Waals surface area contributed by atoms with Gasteiger partial charge in [-0.1, -0.05) is 24.1 Å². The highest BCUT2D eigenvalue weighted by atomic mass is 35.5. The second kappa shape index (κ2) is 4.20. The van der Waals surface area contributed by atoms with E-state index in [4.69, 9.17) is 11.6 Å². The maximum atomic E-state index is 9.23. The Bertz CT molecular complexity index is 321. The predicted octanol–water partition coefficient (Wildman–Crippen LogP) is 2.86. The summed E-state index contributed by atoms with van der Waals surface area (Å²) >= 11 is 6.06. The zero-order valence-corrected chi connectivity index (χ0v) is 8.72. The monoisotopic (exact) mass is 211 g/mol. The summed E-state index contributed by atoms with van der Waals surface area (Å²) in [5.41, 5.74) is 1.10. The minimum absolute atomic E-state index is 0.231. The van der Waals surface area contributed by atoms with Crippen LogP contribution in [-0.2, 0) is 0 Å². The van der Waals surface area contributed by atoms with Crippen LogP contribution in [0, 0.1) is 0 Å². The van der Waals surface area contributed by atoms with E-state index in [0.29, 0.717) is 11.1 Å². The Morgan fingerprint density at radius 3 is 2.86 bits per heavy atom. The van der Waals surface area contributed by atoms with Crippen LogP contribution in [0.25, 0.3) is 0 Å². The van der Waals surface area contributed by atoms with Gasteiger partial charge in [0.1, 0.15) is 5.75 Å². The normalized spacial score (nSPS) is 22.2. The van der Waals surface area contributed by atoms with Crippen molar-refractivity contribution in [2.24, 2.45) is 0 Å². The molecule has 1 aliphatic heterocycles. The molecule has 1 aliphatic rings. The molecule has 76 valence electrons.